The van der Waals surface area contributed by atoms with Gasteiger partial charge >= 0.3 is 5.97 Å². The highest BCUT2D eigenvalue weighted by atomic mass is 32.2. The van der Waals surface area contributed by atoms with Gasteiger partial charge in [-0.15, -0.1) is 11.8 Å². The molecule has 1 unspecified atom stereocenters. The van der Waals surface area contributed by atoms with Crippen molar-refractivity contribution in [3.63, 3.8) is 0 Å². The fraction of sp³-hybridized carbons (Fsp3) is 0.154. The van der Waals surface area contributed by atoms with Crippen LogP contribution >= 0.6 is 11.8 Å². The minimum absolute atomic E-state index is 0.170. The van der Waals surface area contributed by atoms with E-state index in [9.17, 15) is 4.79 Å². The average molecular weight is 274 g/mol. The van der Waals surface area contributed by atoms with Gasteiger partial charge in [-0.25, -0.2) is 4.79 Å². The zero-order valence-electron chi connectivity index (χ0n) is 9.81. The summed E-state index contributed by atoms with van der Waals surface area (Å²) >= 11 is 1.64. The maximum Gasteiger partial charge on any atom is 0.335 e. The van der Waals surface area contributed by atoms with E-state index in [0.717, 1.165) is 6.42 Å². The van der Waals surface area contributed by atoms with E-state index in [1.807, 2.05) is 5.41 Å². The SMILES string of the molecule is O=C(O)c1cccc(-c2noc(C3CC=CS3)n2)c1. The van der Waals surface area contributed by atoms with Gasteiger partial charge in [-0.2, -0.15) is 4.98 Å². The van der Waals surface area contributed by atoms with E-state index >= 15 is 0 Å². The van der Waals surface area contributed by atoms with Gasteiger partial charge in [0.15, 0.2) is 0 Å². The van der Waals surface area contributed by atoms with Crippen molar-refractivity contribution in [1.29, 1.82) is 0 Å². The van der Waals surface area contributed by atoms with Crippen LogP contribution in [0.3, 0.4) is 0 Å². The van der Waals surface area contributed by atoms with Gasteiger partial charge in [0.25, 0.3) is 0 Å². The lowest BCUT2D eigenvalue weighted by atomic mass is 10.1. The van der Waals surface area contributed by atoms with Crippen LogP contribution in [0.15, 0.2) is 40.3 Å². The summed E-state index contributed by atoms with van der Waals surface area (Å²) in [4.78, 5) is 15.3. The van der Waals surface area contributed by atoms with Crippen LogP contribution in [-0.2, 0) is 0 Å². The number of rotatable bonds is 3. The van der Waals surface area contributed by atoms with Crippen LogP contribution < -0.4 is 0 Å². The Morgan fingerprint density at radius 1 is 1.47 bits per heavy atom. The summed E-state index contributed by atoms with van der Waals surface area (Å²) in [6, 6.07) is 6.50. The monoisotopic (exact) mass is 274 g/mol. The Hall–Kier alpha value is -2.08. The van der Waals surface area contributed by atoms with E-state index in [1.54, 1.807) is 23.9 Å². The Labute approximate surface area is 113 Å². The average Bonchev–Trinajstić information content (AvgIpc) is 3.09. The van der Waals surface area contributed by atoms with Crippen LogP contribution in [-0.4, -0.2) is 21.2 Å². The molecule has 0 spiro atoms. The second-order valence-electron chi connectivity index (χ2n) is 4.07. The zero-order valence-corrected chi connectivity index (χ0v) is 10.6. The van der Waals surface area contributed by atoms with Crippen molar-refractivity contribution < 1.29 is 14.4 Å². The topological polar surface area (TPSA) is 76.2 Å². The minimum atomic E-state index is -0.971. The third-order valence-electron chi connectivity index (χ3n) is 2.77. The fourth-order valence-corrected chi connectivity index (χ4v) is 2.66. The van der Waals surface area contributed by atoms with Gasteiger partial charge in [0, 0.05) is 5.56 Å². The molecular weight excluding hydrogens is 264 g/mol. The van der Waals surface area contributed by atoms with Gasteiger partial charge in [-0.05, 0) is 24.0 Å². The van der Waals surface area contributed by atoms with Crippen molar-refractivity contribution in [2.45, 2.75) is 11.7 Å². The molecule has 0 radical (unpaired) electrons. The maximum absolute atomic E-state index is 10.9. The first-order valence-electron chi connectivity index (χ1n) is 5.72. The third-order valence-corrected chi connectivity index (χ3v) is 3.85. The first kappa shape index (κ1) is 12.0. The molecule has 1 aromatic carbocycles. The Bertz CT molecular complexity index is 643. The minimum Gasteiger partial charge on any atom is -0.478 e. The molecule has 2 aromatic rings. The fourth-order valence-electron chi connectivity index (χ4n) is 1.82. The molecule has 5 nitrogen and oxygen atoms in total. The van der Waals surface area contributed by atoms with Crippen molar-refractivity contribution in [2.75, 3.05) is 0 Å². The predicted molar refractivity (Wildman–Crippen MR) is 70.8 cm³/mol. The number of thioether (sulfide) groups is 1. The summed E-state index contributed by atoms with van der Waals surface area (Å²) in [5.41, 5.74) is 0.853. The van der Waals surface area contributed by atoms with Crippen molar-refractivity contribution in [3.05, 3.63) is 47.2 Å². The summed E-state index contributed by atoms with van der Waals surface area (Å²) in [6.07, 6.45) is 2.94. The molecule has 2 heterocycles. The molecule has 0 amide bonds. The number of hydrogen-bond acceptors (Lipinski definition) is 5. The second kappa shape index (κ2) is 4.89. The molecule has 1 aliphatic heterocycles. The van der Waals surface area contributed by atoms with Crippen LogP contribution in [0.25, 0.3) is 11.4 Å². The Morgan fingerprint density at radius 3 is 3.11 bits per heavy atom. The summed E-state index contributed by atoms with van der Waals surface area (Å²) in [5, 5.41) is 15.1. The normalized spacial score (nSPS) is 17.8. The standard InChI is InChI=1S/C13H10N2O3S/c16-13(17)9-4-1-3-8(7-9)11-14-12(18-15-11)10-5-2-6-19-10/h1-4,6-7,10H,5H2,(H,16,17). The number of carboxylic acid groups (broad SMARTS) is 1. The second-order valence-corrected chi connectivity index (χ2v) is 5.19. The Balaban J connectivity index is 1.90. The molecule has 0 saturated carbocycles. The number of aromatic nitrogens is 2. The number of carboxylic acids is 1. The molecule has 1 N–H and O–H groups in total. The molecule has 0 aliphatic carbocycles. The van der Waals surface area contributed by atoms with Gasteiger partial charge in [0.2, 0.25) is 11.7 Å². The molecule has 6 heteroatoms. The number of hydrogen-bond donors (Lipinski definition) is 1. The Kier molecular flexibility index (Phi) is 3.08. The summed E-state index contributed by atoms with van der Waals surface area (Å²) < 4.78 is 5.23. The van der Waals surface area contributed by atoms with Crippen molar-refractivity contribution >= 4 is 17.7 Å². The van der Waals surface area contributed by atoms with E-state index in [-0.39, 0.29) is 10.8 Å². The summed E-state index contributed by atoms with van der Waals surface area (Å²) in [6.45, 7) is 0. The van der Waals surface area contributed by atoms with E-state index in [2.05, 4.69) is 16.2 Å². The van der Waals surface area contributed by atoms with Crippen molar-refractivity contribution in [3.8, 4) is 11.4 Å². The van der Waals surface area contributed by atoms with E-state index in [0.29, 0.717) is 17.3 Å². The van der Waals surface area contributed by atoms with Gasteiger partial charge in [-0.3, -0.25) is 0 Å². The summed E-state index contributed by atoms with van der Waals surface area (Å²) in [7, 11) is 0. The van der Waals surface area contributed by atoms with Crippen molar-refractivity contribution in [1.82, 2.24) is 10.1 Å². The van der Waals surface area contributed by atoms with Gasteiger partial charge in [0.05, 0.1) is 10.8 Å². The van der Waals surface area contributed by atoms with Gasteiger partial charge in [-0.1, -0.05) is 23.4 Å². The van der Waals surface area contributed by atoms with Crippen LogP contribution in [0.4, 0.5) is 0 Å². The van der Waals surface area contributed by atoms with Gasteiger partial charge < -0.3 is 9.63 Å². The van der Waals surface area contributed by atoms with E-state index in [4.69, 9.17) is 9.63 Å². The molecular formula is C13H10N2O3S. The zero-order chi connectivity index (χ0) is 13.2. The van der Waals surface area contributed by atoms with Crippen LogP contribution in [0.1, 0.15) is 27.9 Å². The highest BCUT2D eigenvalue weighted by Gasteiger charge is 2.21. The number of benzene rings is 1. The predicted octanol–water partition coefficient (Wildman–Crippen LogP) is 3.13. The molecule has 3 rings (SSSR count). The largest absolute Gasteiger partial charge is 0.478 e. The quantitative estimate of drug-likeness (QED) is 0.926. The molecule has 0 saturated heterocycles. The summed E-state index contributed by atoms with van der Waals surface area (Å²) in [5.74, 6) is 0.0254. The Morgan fingerprint density at radius 2 is 2.37 bits per heavy atom. The maximum atomic E-state index is 10.9. The molecule has 1 aliphatic rings. The van der Waals surface area contributed by atoms with E-state index in [1.165, 1.54) is 12.1 Å². The van der Waals surface area contributed by atoms with Crippen molar-refractivity contribution in [2.24, 2.45) is 0 Å². The molecule has 1 atom stereocenters. The molecule has 19 heavy (non-hydrogen) atoms. The third kappa shape index (κ3) is 2.39. The van der Waals surface area contributed by atoms with Gasteiger partial charge in [0.1, 0.15) is 0 Å². The number of aromatic carboxylic acids is 1. The number of nitrogens with zero attached hydrogens (tertiary/aromatic N) is 2. The smallest absolute Gasteiger partial charge is 0.335 e. The molecule has 0 bridgehead atoms. The van der Waals surface area contributed by atoms with Crippen LogP contribution in [0.2, 0.25) is 0 Å². The first-order valence-corrected chi connectivity index (χ1v) is 6.66. The molecule has 1 aromatic heterocycles. The van der Waals surface area contributed by atoms with Crippen LogP contribution in [0, 0.1) is 0 Å². The highest BCUT2D eigenvalue weighted by molar-refractivity contribution is 8.02. The molecule has 96 valence electrons. The van der Waals surface area contributed by atoms with E-state index < -0.39 is 5.97 Å². The number of carbonyl (C=O) groups is 1. The van der Waals surface area contributed by atoms with Crippen LogP contribution in [0.5, 0.6) is 0 Å². The lowest BCUT2D eigenvalue weighted by molar-refractivity contribution is 0.0697. The lowest BCUT2D eigenvalue weighted by Gasteiger charge is -1.99. The number of allylic oxidation sites excluding steroid dienone is 1. The lowest BCUT2D eigenvalue weighted by Crippen LogP contribution is -1.96. The highest BCUT2D eigenvalue weighted by Crippen LogP contribution is 2.37. The molecule has 0 fully saturated rings. The first-order chi connectivity index (χ1) is 9.24.